The first-order valence-electron chi connectivity index (χ1n) is 10.5. The van der Waals surface area contributed by atoms with Crippen molar-refractivity contribution >= 4 is 11.9 Å². The van der Waals surface area contributed by atoms with Crippen molar-refractivity contribution < 1.29 is 28.5 Å². The molecule has 2 aromatic rings. The number of carbonyl (C=O) groups is 2. The Morgan fingerprint density at radius 2 is 0.969 bits per heavy atom. The van der Waals surface area contributed by atoms with Crippen LogP contribution < -0.4 is 9.47 Å². The van der Waals surface area contributed by atoms with Gasteiger partial charge in [0, 0.05) is 24.0 Å². The zero-order chi connectivity index (χ0) is 23.3. The van der Waals surface area contributed by atoms with Crippen LogP contribution in [0, 0.1) is 0 Å². The largest absolute Gasteiger partial charge is 0.493 e. The molecule has 0 fully saturated rings. The van der Waals surface area contributed by atoms with Gasteiger partial charge in [0.25, 0.3) is 0 Å². The molecule has 0 saturated heterocycles. The molecular weight excluding hydrogens is 408 g/mol. The van der Waals surface area contributed by atoms with E-state index in [2.05, 4.69) is 13.2 Å². The van der Waals surface area contributed by atoms with Crippen LogP contribution in [0.3, 0.4) is 0 Å². The Balaban J connectivity index is 1.71. The highest BCUT2D eigenvalue weighted by atomic mass is 16.5. The molecular formula is C26H30O6. The van der Waals surface area contributed by atoms with Crippen LogP contribution in [0.25, 0.3) is 11.1 Å². The van der Waals surface area contributed by atoms with Crippen LogP contribution in [0.1, 0.15) is 26.7 Å². The topological polar surface area (TPSA) is 71.1 Å². The lowest BCUT2D eigenvalue weighted by molar-refractivity contribution is -0.140. The molecule has 2 rings (SSSR count). The third kappa shape index (κ3) is 8.68. The summed E-state index contributed by atoms with van der Waals surface area (Å²) in [6.07, 6.45) is 1.22. The molecule has 0 amide bonds. The van der Waals surface area contributed by atoms with Crippen LogP contribution in [0.5, 0.6) is 11.5 Å². The van der Waals surface area contributed by atoms with Crippen molar-refractivity contribution in [3.05, 3.63) is 72.8 Å². The Hall–Kier alpha value is -3.54. The molecule has 0 atom stereocenters. The number of ether oxygens (including phenoxy) is 4. The van der Waals surface area contributed by atoms with Gasteiger partial charge in [-0.3, -0.25) is 0 Å². The summed E-state index contributed by atoms with van der Waals surface area (Å²) in [4.78, 5) is 22.6. The second kappa shape index (κ2) is 13.0. The molecule has 6 nitrogen and oxygen atoms in total. The SMILES string of the molecule is C=C(C)C(=O)OCCCOc1ccc(-c2ccc(OCCCOC(=O)C(=C)C)cc2)cc1. The average Bonchev–Trinajstić information content (AvgIpc) is 2.79. The van der Waals surface area contributed by atoms with Crippen LogP contribution in [0.4, 0.5) is 0 Å². The summed E-state index contributed by atoms with van der Waals surface area (Å²) in [5.74, 6) is 0.754. The van der Waals surface area contributed by atoms with E-state index in [0.29, 0.717) is 50.4 Å². The normalized spacial score (nSPS) is 10.2. The minimum atomic E-state index is -0.380. The summed E-state index contributed by atoms with van der Waals surface area (Å²) in [5.41, 5.74) is 2.91. The lowest BCUT2D eigenvalue weighted by Gasteiger charge is -2.09. The Morgan fingerprint density at radius 3 is 1.28 bits per heavy atom. The molecule has 0 saturated carbocycles. The summed E-state index contributed by atoms with van der Waals surface area (Å²) in [5, 5.41) is 0. The molecule has 0 aliphatic heterocycles. The number of hydrogen-bond acceptors (Lipinski definition) is 6. The fourth-order valence-electron chi connectivity index (χ4n) is 2.56. The quantitative estimate of drug-likeness (QED) is 0.245. The van der Waals surface area contributed by atoms with E-state index in [-0.39, 0.29) is 11.9 Å². The van der Waals surface area contributed by atoms with Crippen molar-refractivity contribution in [1.29, 1.82) is 0 Å². The molecule has 32 heavy (non-hydrogen) atoms. The van der Waals surface area contributed by atoms with E-state index in [1.54, 1.807) is 13.8 Å². The molecule has 0 spiro atoms. The van der Waals surface area contributed by atoms with E-state index < -0.39 is 0 Å². The molecule has 0 aromatic heterocycles. The van der Waals surface area contributed by atoms with E-state index >= 15 is 0 Å². The van der Waals surface area contributed by atoms with Gasteiger partial charge in [-0.2, -0.15) is 0 Å². The van der Waals surface area contributed by atoms with Crippen molar-refractivity contribution in [2.75, 3.05) is 26.4 Å². The Bertz CT molecular complexity index is 835. The van der Waals surface area contributed by atoms with Crippen LogP contribution in [-0.2, 0) is 19.1 Å². The van der Waals surface area contributed by atoms with E-state index in [1.165, 1.54) is 0 Å². The van der Waals surface area contributed by atoms with Gasteiger partial charge in [-0.05, 0) is 49.2 Å². The lowest BCUT2D eigenvalue weighted by Crippen LogP contribution is -2.09. The van der Waals surface area contributed by atoms with E-state index in [1.807, 2.05) is 48.5 Å². The molecule has 0 radical (unpaired) electrons. The average molecular weight is 439 g/mol. The Kier molecular flexibility index (Phi) is 10.0. The summed E-state index contributed by atoms with van der Waals surface area (Å²) in [6.45, 7) is 11.8. The maximum absolute atomic E-state index is 11.3. The predicted octanol–water partition coefficient (Wildman–Crippen LogP) is 5.13. The number of hydrogen-bond donors (Lipinski definition) is 0. The van der Waals surface area contributed by atoms with Gasteiger partial charge < -0.3 is 18.9 Å². The summed E-state index contributed by atoms with van der Waals surface area (Å²) < 4.78 is 21.4. The standard InChI is InChI=1S/C26H30O6/c1-19(2)25(27)31-17-5-15-29-23-11-7-21(8-12-23)22-9-13-24(14-10-22)30-16-6-18-32-26(28)20(3)4/h7-14H,1,3,5-6,15-18H2,2,4H3. The van der Waals surface area contributed by atoms with Crippen LogP contribution in [-0.4, -0.2) is 38.4 Å². The third-order valence-corrected chi connectivity index (χ3v) is 4.32. The van der Waals surface area contributed by atoms with Crippen molar-refractivity contribution in [1.82, 2.24) is 0 Å². The van der Waals surface area contributed by atoms with Crippen molar-refractivity contribution in [2.24, 2.45) is 0 Å². The molecule has 0 N–H and O–H groups in total. The van der Waals surface area contributed by atoms with Gasteiger partial charge in [0.2, 0.25) is 0 Å². The highest BCUT2D eigenvalue weighted by Gasteiger charge is 2.04. The zero-order valence-electron chi connectivity index (χ0n) is 18.7. The highest BCUT2D eigenvalue weighted by molar-refractivity contribution is 5.87. The molecule has 0 bridgehead atoms. The Labute approximate surface area is 189 Å². The summed E-state index contributed by atoms with van der Waals surface area (Å²) in [6, 6.07) is 15.6. The Morgan fingerprint density at radius 1 is 0.625 bits per heavy atom. The van der Waals surface area contributed by atoms with Gasteiger partial charge in [0.15, 0.2) is 0 Å². The summed E-state index contributed by atoms with van der Waals surface area (Å²) in [7, 11) is 0. The maximum Gasteiger partial charge on any atom is 0.333 e. The minimum absolute atomic E-state index is 0.303. The minimum Gasteiger partial charge on any atom is -0.493 e. The fourth-order valence-corrected chi connectivity index (χ4v) is 2.56. The van der Waals surface area contributed by atoms with E-state index in [0.717, 1.165) is 22.6 Å². The maximum atomic E-state index is 11.3. The molecule has 6 heteroatoms. The van der Waals surface area contributed by atoms with Crippen LogP contribution >= 0.6 is 0 Å². The lowest BCUT2D eigenvalue weighted by atomic mass is 10.1. The van der Waals surface area contributed by atoms with Crippen molar-refractivity contribution in [3.8, 4) is 22.6 Å². The fraction of sp³-hybridized carbons (Fsp3) is 0.308. The van der Waals surface area contributed by atoms with Crippen LogP contribution in [0.2, 0.25) is 0 Å². The number of rotatable bonds is 13. The van der Waals surface area contributed by atoms with E-state index in [4.69, 9.17) is 18.9 Å². The third-order valence-electron chi connectivity index (χ3n) is 4.32. The second-order valence-electron chi connectivity index (χ2n) is 7.29. The molecule has 0 unspecified atom stereocenters. The van der Waals surface area contributed by atoms with Gasteiger partial charge in [0.05, 0.1) is 26.4 Å². The van der Waals surface area contributed by atoms with Gasteiger partial charge in [0.1, 0.15) is 11.5 Å². The molecule has 0 aliphatic carbocycles. The van der Waals surface area contributed by atoms with Gasteiger partial charge >= 0.3 is 11.9 Å². The number of benzene rings is 2. The molecule has 0 aliphatic rings. The van der Waals surface area contributed by atoms with Gasteiger partial charge in [-0.25, -0.2) is 9.59 Å². The highest BCUT2D eigenvalue weighted by Crippen LogP contribution is 2.24. The zero-order valence-corrected chi connectivity index (χ0v) is 18.7. The monoisotopic (exact) mass is 438 g/mol. The molecule has 0 heterocycles. The molecule has 170 valence electrons. The van der Waals surface area contributed by atoms with Crippen LogP contribution in [0.15, 0.2) is 72.8 Å². The first kappa shape index (κ1) is 24.7. The number of carbonyl (C=O) groups excluding carboxylic acids is 2. The molecule has 2 aromatic carbocycles. The summed E-state index contributed by atoms with van der Waals surface area (Å²) >= 11 is 0. The second-order valence-corrected chi connectivity index (χ2v) is 7.29. The number of esters is 2. The van der Waals surface area contributed by atoms with Crippen molar-refractivity contribution in [2.45, 2.75) is 26.7 Å². The first-order chi connectivity index (χ1) is 15.4. The predicted molar refractivity (Wildman–Crippen MR) is 124 cm³/mol. The van der Waals surface area contributed by atoms with Gasteiger partial charge in [-0.1, -0.05) is 37.4 Å². The van der Waals surface area contributed by atoms with E-state index in [9.17, 15) is 9.59 Å². The smallest absolute Gasteiger partial charge is 0.333 e. The van der Waals surface area contributed by atoms with Gasteiger partial charge in [-0.15, -0.1) is 0 Å². The first-order valence-corrected chi connectivity index (χ1v) is 10.5. The van der Waals surface area contributed by atoms with Crippen molar-refractivity contribution in [3.63, 3.8) is 0 Å².